The summed E-state index contributed by atoms with van der Waals surface area (Å²) in [4.78, 5) is 11.3. The number of amides is 1. The maximum absolute atomic E-state index is 11.3. The first-order valence-corrected chi connectivity index (χ1v) is 7.02. The molecule has 0 heterocycles. The molecule has 0 saturated heterocycles. The molecule has 0 aliphatic rings. The molecule has 1 N–H and O–H groups in total. The van der Waals surface area contributed by atoms with E-state index in [1.807, 2.05) is 26.0 Å². The van der Waals surface area contributed by atoms with Crippen molar-refractivity contribution < 1.29 is 9.53 Å². The molecule has 0 radical (unpaired) electrons. The largest absolute Gasteiger partial charge is 0.449 e. The first-order chi connectivity index (χ1) is 8.58. The van der Waals surface area contributed by atoms with E-state index in [0.29, 0.717) is 19.1 Å². The second-order valence-corrected chi connectivity index (χ2v) is 5.56. The van der Waals surface area contributed by atoms with Crippen molar-refractivity contribution in [1.29, 1.82) is 0 Å². The fourth-order valence-electron chi connectivity index (χ4n) is 1.43. The molecule has 3 nitrogen and oxygen atoms in total. The summed E-state index contributed by atoms with van der Waals surface area (Å²) in [6, 6.07) is 8.22. The Labute approximate surface area is 117 Å². The molecular formula is C14H20BrNO2. The van der Waals surface area contributed by atoms with E-state index in [-0.39, 0.29) is 6.09 Å². The number of hydrogen-bond acceptors (Lipinski definition) is 2. The summed E-state index contributed by atoms with van der Waals surface area (Å²) in [5, 5.41) is 2.75. The van der Waals surface area contributed by atoms with Crippen molar-refractivity contribution in [3.63, 3.8) is 0 Å². The van der Waals surface area contributed by atoms with Gasteiger partial charge in [-0.25, -0.2) is 4.79 Å². The van der Waals surface area contributed by atoms with Crippen LogP contribution in [0.5, 0.6) is 0 Å². The van der Waals surface area contributed by atoms with Gasteiger partial charge < -0.3 is 10.1 Å². The summed E-state index contributed by atoms with van der Waals surface area (Å²) in [5.74, 6) is 0.374. The zero-order valence-corrected chi connectivity index (χ0v) is 12.5. The highest BCUT2D eigenvalue weighted by atomic mass is 79.9. The summed E-state index contributed by atoms with van der Waals surface area (Å²) in [6.45, 7) is 5.15. The Bertz CT molecular complexity index is 363. The number of carbonyl (C=O) groups is 1. The molecule has 0 saturated carbocycles. The van der Waals surface area contributed by atoms with Gasteiger partial charge in [-0.05, 0) is 36.5 Å². The van der Waals surface area contributed by atoms with Crippen LogP contribution in [0, 0.1) is 5.92 Å². The number of carbonyl (C=O) groups excluding carboxylic acids is 1. The summed E-state index contributed by atoms with van der Waals surface area (Å²) in [6.07, 6.45) is 1.55. The molecule has 0 aliphatic carbocycles. The lowest BCUT2D eigenvalue weighted by Gasteiger charge is -2.08. The number of hydrogen-bond donors (Lipinski definition) is 1. The molecule has 4 heteroatoms. The van der Waals surface area contributed by atoms with Crippen LogP contribution in [0.1, 0.15) is 25.8 Å². The van der Waals surface area contributed by atoms with Gasteiger partial charge >= 0.3 is 6.09 Å². The fourth-order valence-corrected chi connectivity index (χ4v) is 1.69. The lowest BCUT2D eigenvalue weighted by molar-refractivity contribution is 0.133. The molecule has 0 bridgehead atoms. The van der Waals surface area contributed by atoms with Gasteiger partial charge in [-0.3, -0.25) is 0 Å². The van der Waals surface area contributed by atoms with Crippen molar-refractivity contribution in [2.45, 2.75) is 26.7 Å². The Kier molecular flexibility index (Phi) is 6.80. The summed E-state index contributed by atoms with van der Waals surface area (Å²) >= 11 is 3.40. The van der Waals surface area contributed by atoms with Crippen LogP contribution in [0.2, 0.25) is 0 Å². The average Bonchev–Trinajstić information content (AvgIpc) is 2.34. The maximum atomic E-state index is 11.3. The van der Waals surface area contributed by atoms with E-state index in [1.165, 1.54) is 5.56 Å². The van der Waals surface area contributed by atoms with E-state index < -0.39 is 0 Å². The van der Waals surface area contributed by atoms with Crippen LogP contribution in [-0.2, 0) is 11.2 Å². The molecule has 100 valence electrons. The highest BCUT2D eigenvalue weighted by Crippen LogP contribution is 2.11. The fraction of sp³-hybridized carbons (Fsp3) is 0.500. The van der Waals surface area contributed by atoms with E-state index >= 15 is 0 Å². The molecule has 1 aromatic rings. The highest BCUT2D eigenvalue weighted by molar-refractivity contribution is 9.10. The van der Waals surface area contributed by atoms with Crippen molar-refractivity contribution in [2.75, 3.05) is 13.2 Å². The number of halogens is 1. The standard InChI is InChI=1S/C14H20BrNO2/c1-11(2)10-18-14(17)16-9-3-4-12-5-7-13(15)8-6-12/h5-8,11H,3-4,9-10H2,1-2H3,(H,16,17). The van der Waals surface area contributed by atoms with E-state index in [0.717, 1.165) is 17.3 Å². The molecule has 0 atom stereocenters. The molecule has 0 fully saturated rings. The van der Waals surface area contributed by atoms with Gasteiger partial charge in [-0.1, -0.05) is 41.9 Å². The number of rotatable bonds is 6. The lowest BCUT2D eigenvalue weighted by Crippen LogP contribution is -2.26. The van der Waals surface area contributed by atoms with Crippen molar-refractivity contribution >= 4 is 22.0 Å². The molecule has 18 heavy (non-hydrogen) atoms. The molecule has 0 spiro atoms. The Morgan fingerprint density at radius 3 is 2.61 bits per heavy atom. The van der Waals surface area contributed by atoms with Crippen LogP contribution in [0.15, 0.2) is 28.7 Å². The van der Waals surface area contributed by atoms with Crippen LogP contribution >= 0.6 is 15.9 Å². The van der Waals surface area contributed by atoms with Gasteiger partial charge in [0.25, 0.3) is 0 Å². The Hall–Kier alpha value is -1.03. The van der Waals surface area contributed by atoms with Gasteiger partial charge in [0.2, 0.25) is 0 Å². The minimum absolute atomic E-state index is 0.320. The summed E-state index contributed by atoms with van der Waals surface area (Å²) in [5.41, 5.74) is 1.27. The Balaban J connectivity index is 2.11. The van der Waals surface area contributed by atoms with E-state index in [2.05, 4.69) is 33.4 Å². The Morgan fingerprint density at radius 1 is 1.33 bits per heavy atom. The Morgan fingerprint density at radius 2 is 2.00 bits per heavy atom. The maximum Gasteiger partial charge on any atom is 0.407 e. The van der Waals surface area contributed by atoms with Gasteiger partial charge in [0.15, 0.2) is 0 Å². The molecular weight excluding hydrogens is 294 g/mol. The zero-order valence-electron chi connectivity index (χ0n) is 10.9. The third kappa shape index (κ3) is 6.64. The molecule has 1 aromatic carbocycles. The lowest BCUT2D eigenvalue weighted by atomic mass is 10.1. The zero-order chi connectivity index (χ0) is 13.4. The number of aryl methyl sites for hydroxylation is 1. The summed E-state index contributed by atoms with van der Waals surface area (Å²) < 4.78 is 6.10. The van der Waals surface area contributed by atoms with Gasteiger partial charge in [0.05, 0.1) is 6.61 Å². The number of alkyl carbamates (subject to hydrolysis) is 1. The average molecular weight is 314 g/mol. The summed E-state index contributed by atoms with van der Waals surface area (Å²) in [7, 11) is 0. The number of nitrogens with one attached hydrogen (secondary N) is 1. The van der Waals surface area contributed by atoms with Crippen molar-refractivity contribution in [1.82, 2.24) is 5.32 Å². The van der Waals surface area contributed by atoms with E-state index in [4.69, 9.17) is 4.74 Å². The second kappa shape index (κ2) is 8.14. The van der Waals surface area contributed by atoms with Crippen LogP contribution in [0.3, 0.4) is 0 Å². The first-order valence-electron chi connectivity index (χ1n) is 6.23. The van der Waals surface area contributed by atoms with Gasteiger partial charge in [-0.2, -0.15) is 0 Å². The van der Waals surface area contributed by atoms with E-state index in [9.17, 15) is 4.79 Å². The molecule has 0 aliphatic heterocycles. The third-order valence-electron chi connectivity index (χ3n) is 2.37. The molecule has 0 unspecified atom stereocenters. The SMILES string of the molecule is CC(C)COC(=O)NCCCc1ccc(Br)cc1. The number of benzene rings is 1. The monoisotopic (exact) mass is 313 g/mol. The van der Waals surface area contributed by atoms with Gasteiger partial charge in [0.1, 0.15) is 0 Å². The van der Waals surface area contributed by atoms with Crippen LogP contribution in [-0.4, -0.2) is 19.2 Å². The van der Waals surface area contributed by atoms with Crippen LogP contribution in [0.4, 0.5) is 4.79 Å². The van der Waals surface area contributed by atoms with Crippen molar-refractivity contribution in [3.05, 3.63) is 34.3 Å². The second-order valence-electron chi connectivity index (χ2n) is 4.65. The minimum Gasteiger partial charge on any atom is -0.449 e. The predicted molar refractivity (Wildman–Crippen MR) is 76.7 cm³/mol. The minimum atomic E-state index is -0.320. The first kappa shape index (κ1) is 15.0. The highest BCUT2D eigenvalue weighted by Gasteiger charge is 2.02. The predicted octanol–water partition coefficient (Wildman–Crippen LogP) is 3.76. The van der Waals surface area contributed by atoms with E-state index in [1.54, 1.807) is 0 Å². The normalized spacial score (nSPS) is 10.4. The third-order valence-corrected chi connectivity index (χ3v) is 2.90. The molecule has 0 aromatic heterocycles. The van der Waals surface area contributed by atoms with Gasteiger partial charge in [0, 0.05) is 11.0 Å². The van der Waals surface area contributed by atoms with Gasteiger partial charge in [-0.15, -0.1) is 0 Å². The topological polar surface area (TPSA) is 38.3 Å². The van der Waals surface area contributed by atoms with Crippen molar-refractivity contribution in [3.8, 4) is 0 Å². The van der Waals surface area contributed by atoms with Crippen LogP contribution < -0.4 is 5.32 Å². The molecule has 1 amide bonds. The smallest absolute Gasteiger partial charge is 0.407 e. The van der Waals surface area contributed by atoms with Crippen molar-refractivity contribution in [2.24, 2.45) is 5.92 Å². The number of ether oxygens (including phenoxy) is 1. The van der Waals surface area contributed by atoms with Crippen LogP contribution in [0.25, 0.3) is 0 Å². The quantitative estimate of drug-likeness (QED) is 0.812. The molecule has 1 rings (SSSR count).